The molecular weight excluding hydrogens is 723 g/mol. The van der Waals surface area contributed by atoms with E-state index >= 15 is 0 Å². The Bertz CT molecular complexity index is 2120. The number of nitrogens with zero attached hydrogens (tertiary/aromatic N) is 2. The average Bonchev–Trinajstić information content (AvgIpc) is 4.08. The van der Waals surface area contributed by atoms with E-state index < -0.39 is 74.1 Å². The number of alkyl carbamates (subject to hydrolysis) is 1. The molecule has 1 saturated heterocycles. The number of hydrogen-bond donors (Lipinski definition) is 3. The van der Waals surface area contributed by atoms with E-state index in [2.05, 4.69) is 34.1 Å². The largest absolute Gasteiger partial charge is 0.472 e. The third-order valence-electron chi connectivity index (χ3n) is 11.0. The molecule has 13 nitrogen and oxygen atoms in total. The molecule has 4 bridgehead atoms. The third-order valence-corrected chi connectivity index (χ3v) is 12.8. The Balaban J connectivity index is 1.25. The fourth-order valence-electron chi connectivity index (χ4n) is 7.56. The molecule has 5 atom stereocenters. The Kier molecular flexibility index (Phi) is 10.4. The monoisotopic (exact) mass is 771 g/mol. The van der Waals surface area contributed by atoms with Crippen LogP contribution in [0, 0.1) is 11.3 Å². The SMILES string of the molecule is C=C[C@@H]1CC1(NC(=O)[C@@H]1C[C@@H]2CN1C(=O)[C@H](C(C)(C)C)NC(=O)OCCCCCc1ccc3cc(-c4ccccc4)nc(c3c1)O2)C(=O)NS(=O)(=O)C1CC1. The van der Waals surface area contributed by atoms with Crippen LogP contribution in [0.25, 0.3) is 22.0 Å². The molecule has 1 aromatic heterocycles. The number of rotatable bonds is 7. The van der Waals surface area contributed by atoms with Gasteiger partial charge in [-0.1, -0.05) is 69.3 Å². The summed E-state index contributed by atoms with van der Waals surface area (Å²) >= 11 is 0. The van der Waals surface area contributed by atoms with Crippen molar-refractivity contribution in [2.45, 2.75) is 101 Å². The van der Waals surface area contributed by atoms with E-state index in [0.29, 0.717) is 30.8 Å². The molecule has 4 aliphatic rings. The lowest BCUT2D eigenvalue weighted by atomic mass is 9.85. The van der Waals surface area contributed by atoms with Crippen molar-refractivity contribution in [1.82, 2.24) is 25.2 Å². The Morgan fingerprint density at radius 2 is 1.82 bits per heavy atom. The molecule has 2 aliphatic heterocycles. The maximum absolute atomic E-state index is 14.6. The van der Waals surface area contributed by atoms with E-state index in [4.69, 9.17) is 14.5 Å². The summed E-state index contributed by atoms with van der Waals surface area (Å²) in [5.74, 6) is -2.17. The second kappa shape index (κ2) is 14.9. The van der Waals surface area contributed by atoms with Crippen molar-refractivity contribution >= 4 is 44.6 Å². The number of sulfonamides is 1. The first kappa shape index (κ1) is 38.3. The van der Waals surface area contributed by atoms with Gasteiger partial charge in [-0.15, -0.1) is 6.58 Å². The lowest BCUT2D eigenvalue weighted by Gasteiger charge is -2.35. The normalized spacial score (nSPS) is 26.2. The molecule has 3 aromatic rings. The number of ether oxygens (including phenoxy) is 2. The molecule has 0 spiro atoms. The van der Waals surface area contributed by atoms with Gasteiger partial charge >= 0.3 is 6.09 Å². The Morgan fingerprint density at radius 3 is 2.51 bits per heavy atom. The lowest BCUT2D eigenvalue weighted by molar-refractivity contribution is -0.142. The molecule has 3 N–H and O–H groups in total. The second-order valence-corrected chi connectivity index (χ2v) is 18.2. The molecule has 292 valence electrons. The Morgan fingerprint density at radius 1 is 1.05 bits per heavy atom. The maximum atomic E-state index is 14.6. The van der Waals surface area contributed by atoms with Gasteiger partial charge in [-0.2, -0.15) is 0 Å². The van der Waals surface area contributed by atoms with Gasteiger partial charge in [0.2, 0.25) is 27.7 Å². The van der Waals surface area contributed by atoms with Crippen LogP contribution in [-0.4, -0.2) is 84.2 Å². The number of aryl methyl sites for hydroxylation is 1. The number of benzene rings is 2. The van der Waals surface area contributed by atoms with E-state index in [1.54, 1.807) is 0 Å². The lowest BCUT2D eigenvalue weighted by Crippen LogP contribution is -2.60. The maximum Gasteiger partial charge on any atom is 0.407 e. The minimum absolute atomic E-state index is 0.0290. The highest BCUT2D eigenvalue weighted by Gasteiger charge is 2.62. The number of cyclic esters (lactones) is 1. The van der Waals surface area contributed by atoms with Crippen LogP contribution in [0.15, 0.2) is 67.3 Å². The molecular formula is C41H49N5O8S. The second-order valence-electron chi connectivity index (χ2n) is 16.3. The Hall–Kier alpha value is -4.98. The summed E-state index contributed by atoms with van der Waals surface area (Å²) in [5.41, 5.74) is 0.343. The molecule has 7 rings (SSSR count). The van der Waals surface area contributed by atoms with Gasteiger partial charge in [0.05, 0.1) is 24.1 Å². The fourth-order valence-corrected chi connectivity index (χ4v) is 8.93. The van der Waals surface area contributed by atoms with Gasteiger partial charge in [0.1, 0.15) is 23.7 Å². The van der Waals surface area contributed by atoms with Crippen molar-refractivity contribution < 1.29 is 37.1 Å². The predicted molar refractivity (Wildman–Crippen MR) is 206 cm³/mol. The van der Waals surface area contributed by atoms with Crippen LogP contribution in [0.3, 0.4) is 0 Å². The van der Waals surface area contributed by atoms with Crippen LogP contribution < -0.4 is 20.1 Å². The smallest absolute Gasteiger partial charge is 0.407 e. The first-order valence-electron chi connectivity index (χ1n) is 19.1. The average molecular weight is 772 g/mol. The molecule has 14 heteroatoms. The summed E-state index contributed by atoms with van der Waals surface area (Å²) in [6, 6.07) is 15.7. The summed E-state index contributed by atoms with van der Waals surface area (Å²) in [5, 5.41) is 6.66. The fraction of sp³-hybridized carbons (Fsp3) is 0.488. The van der Waals surface area contributed by atoms with Gasteiger partial charge in [-0.25, -0.2) is 18.2 Å². The number of nitrogens with one attached hydrogen (secondary N) is 3. The van der Waals surface area contributed by atoms with Gasteiger partial charge in [-0.05, 0) is 73.4 Å². The first-order valence-corrected chi connectivity index (χ1v) is 20.6. The highest BCUT2D eigenvalue weighted by Crippen LogP contribution is 2.46. The molecule has 0 radical (unpaired) electrons. The summed E-state index contributed by atoms with van der Waals surface area (Å²) in [7, 11) is -3.90. The minimum Gasteiger partial charge on any atom is -0.472 e. The summed E-state index contributed by atoms with van der Waals surface area (Å²) in [6.07, 6.45) is 4.31. The highest BCUT2D eigenvalue weighted by atomic mass is 32.2. The molecule has 1 unspecified atom stereocenters. The minimum atomic E-state index is -3.90. The first-order chi connectivity index (χ1) is 26.2. The molecule has 2 saturated carbocycles. The van der Waals surface area contributed by atoms with Crippen LogP contribution in [0.5, 0.6) is 5.88 Å². The zero-order valence-corrected chi connectivity index (χ0v) is 32.3. The van der Waals surface area contributed by atoms with Crippen LogP contribution >= 0.6 is 0 Å². The van der Waals surface area contributed by atoms with E-state index in [-0.39, 0.29) is 26.0 Å². The summed E-state index contributed by atoms with van der Waals surface area (Å²) in [4.78, 5) is 62.0. The topological polar surface area (TPSA) is 173 Å². The van der Waals surface area contributed by atoms with Gasteiger partial charge < -0.3 is 25.0 Å². The van der Waals surface area contributed by atoms with Crippen molar-refractivity contribution in [3.63, 3.8) is 0 Å². The van der Waals surface area contributed by atoms with Crippen LogP contribution in [-0.2, 0) is 35.6 Å². The van der Waals surface area contributed by atoms with Crippen molar-refractivity contribution in [2.75, 3.05) is 13.2 Å². The molecule has 3 fully saturated rings. The number of carbonyl (C=O) groups excluding carboxylic acids is 4. The highest BCUT2D eigenvalue weighted by molar-refractivity contribution is 7.91. The van der Waals surface area contributed by atoms with Gasteiger partial charge in [0.15, 0.2) is 0 Å². The zero-order chi connectivity index (χ0) is 39.1. The molecule has 2 aromatic carbocycles. The standard InChI is InChI=1S/C41H49N5O8S/c1-5-28-23-41(28,38(49)45-55(51,52)30-17-18-30)44-35(47)33-22-29-24-46(33)37(48)34(40(2,3)4)43-39(50)53-19-11-7-8-12-25-15-16-27-21-32(26-13-9-6-10-14-26)42-36(54-29)31(27)20-25/h5-6,9-10,13-16,20-21,28-30,33-34H,1,7-8,11-12,17-19,22-24H2,2-4H3,(H,43,50)(H,44,47)(H,45,49)/t28-,29-,33+,34-,41?/m1/s1. The van der Waals surface area contributed by atoms with Crippen LogP contribution in [0.4, 0.5) is 4.79 Å². The summed E-state index contributed by atoms with van der Waals surface area (Å²) < 4.78 is 39.9. The van der Waals surface area contributed by atoms with E-state index in [1.807, 2.05) is 63.2 Å². The number of hydrogen-bond acceptors (Lipinski definition) is 9. The summed E-state index contributed by atoms with van der Waals surface area (Å²) in [6.45, 7) is 9.37. The number of amides is 4. The number of aromatic nitrogens is 1. The van der Waals surface area contributed by atoms with Crippen LogP contribution in [0.1, 0.15) is 71.3 Å². The van der Waals surface area contributed by atoms with Gasteiger partial charge in [-0.3, -0.25) is 19.1 Å². The van der Waals surface area contributed by atoms with Crippen molar-refractivity contribution in [2.24, 2.45) is 11.3 Å². The van der Waals surface area contributed by atoms with Crippen molar-refractivity contribution in [3.05, 3.63) is 72.8 Å². The number of carbonyl (C=O) groups is 4. The number of fused-ring (bicyclic) bond motifs is 3. The zero-order valence-electron chi connectivity index (χ0n) is 31.5. The number of pyridine rings is 1. The third kappa shape index (κ3) is 8.19. The van der Waals surface area contributed by atoms with E-state index in [1.165, 1.54) is 11.0 Å². The molecule has 3 heterocycles. The quantitative estimate of drug-likeness (QED) is 0.286. The van der Waals surface area contributed by atoms with Gasteiger partial charge in [0.25, 0.3) is 5.91 Å². The van der Waals surface area contributed by atoms with E-state index in [0.717, 1.165) is 41.2 Å². The predicted octanol–water partition coefficient (Wildman–Crippen LogP) is 4.79. The van der Waals surface area contributed by atoms with Crippen LogP contribution in [0.2, 0.25) is 0 Å². The molecule has 55 heavy (non-hydrogen) atoms. The molecule has 4 amide bonds. The van der Waals surface area contributed by atoms with E-state index in [9.17, 15) is 27.6 Å². The molecule has 2 aliphatic carbocycles. The van der Waals surface area contributed by atoms with Crippen molar-refractivity contribution in [1.29, 1.82) is 0 Å². The van der Waals surface area contributed by atoms with Crippen molar-refractivity contribution in [3.8, 4) is 17.1 Å². The Labute approximate surface area is 321 Å². The van der Waals surface area contributed by atoms with Gasteiger partial charge in [0, 0.05) is 23.3 Å².